The van der Waals surface area contributed by atoms with Crippen molar-refractivity contribution in [2.75, 3.05) is 18.8 Å². The molecule has 5 heteroatoms. The average molecular weight is 277 g/mol. The Hall–Kier alpha value is -0.580. The van der Waals surface area contributed by atoms with Crippen molar-refractivity contribution in [3.8, 4) is 0 Å². The Morgan fingerprint density at radius 2 is 1.61 bits per heavy atom. The molecular weight excluding hydrogens is 250 g/mol. The lowest BCUT2D eigenvalue weighted by molar-refractivity contribution is -0.140. The van der Waals surface area contributed by atoms with Gasteiger partial charge in [0.25, 0.3) is 0 Å². The second-order valence-corrected chi connectivity index (χ2v) is 8.20. The smallest absolute Gasteiger partial charge is 0.228 e. The van der Waals surface area contributed by atoms with E-state index in [-0.39, 0.29) is 16.9 Å². The van der Waals surface area contributed by atoms with Crippen LogP contribution >= 0.6 is 0 Å². The highest BCUT2D eigenvalue weighted by Gasteiger charge is 2.32. The van der Waals surface area contributed by atoms with Crippen LogP contribution in [0.25, 0.3) is 0 Å². The molecule has 0 rings (SSSR count). The van der Waals surface area contributed by atoms with Crippen LogP contribution < -0.4 is 0 Å². The number of amides is 1. The number of hydrogen-bond donors (Lipinski definition) is 0. The van der Waals surface area contributed by atoms with Gasteiger partial charge in [0, 0.05) is 18.5 Å². The van der Waals surface area contributed by atoms with Crippen molar-refractivity contribution < 1.29 is 13.2 Å². The number of nitrogens with zero attached hydrogens (tertiary/aromatic N) is 1. The van der Waals surface area contributed by atoms with Gasteiger partial charge in [0.2, 0.25) is 5.91 Å². The van der Waals surface area contributed by atoms with E-state index >= 15 is 0 Å². The minimum atomic E-state index is -3.07. The summed E-state index contributed by atoms with van der Waals surface area (Å²) in [4.78, 5) is 14.0. The summed E-state index contributed by atoms with van der Waals surface area (Å²) >= 11 is 0. The van der Waals surface area contributed by atoms with Crippen LogP contribution in [-0.2, 0) is 14.6 Å². The van der Waals surface area contributed by atoms with Gasteiger partial charge in [-0.15, -0.1) is 0 Å². The van der Waals surface area contributed by atoms with Crippen LogP contribution in [0, 0.1) is 5.41 Å². The highest BCUT2D eigenvalue weighted by molar-refractivity contribution is 7.91. The Morgan fingerprint density at radius 3 is 1.94 bits per heavy atom. The van der Waals surface area contributed by atoms with E-state index in [1.54, 1.807) is 18.7 Å². The second kappa shape index (κ2) is 6.55. The van der Waals surface area contributed by atoms with Crippen molar-refractivity contribution in [1.29, 1.82) is 0 Å². The van der Waals surface area contributed by atoms with E-state index in [9.17, 15) is 13.2 Å². The summed E-state index contributed by atoms with van der Waals surface area (Å²) < 4.78 is 23.6. The van der Waals surface area contributed by atoms with Gasteiger partial charge in [-0.05, 0) is 34.1 Å². The number of rotatable bonds is 7. The lowest BCUT2D eigenvalue weighted by Crippen LogP contribution is -2.41. The van der Waals surface area contributed by atoms with Crippen LogP contribution in [0.2, 0.25) is 0 Å². The van der Waals surface area contributed by atoms with E-state index in [0.717, 1.165) is 0 Å². The summed E-state index contributed by atoms with van der Waals surface area (Å²) in [7, 11) is -3.07. The summed E-state index contributed by atoms with van der Waals surface area (Å²) in [5.41, 5.74) is -0.617. The van der Waals surface area contributed by atoms with E-state index in [2.05, 4.69) is 0 Å². The maximum Gasteiger partial charge on any atom is 0.228 e. The first-order valence-corrected chi connectivity index (χ1v) is 8.31. The second-order valence-electron chi connectivity index (χ2n) is 5.53. The Bertz CT molecular complexity index is 368. The molecule has 4 nitrogen and oxygen atoms in total. The van der Waals surface area contributed by atoms with Gasteiger partial charge >= 0.3 is 0 Å². The summed E-state index contributed by atoms with van der Waals surface area (Å²) in [6.07, 6.45) is 0.378. The molecular formula is C13H27NO3S. The number of carbonyl (C=O) groups excluding carboxylic acids is 1. The topological polar surface area (TPSA) is 54.5 Å². The number of sulfone groups is 1. The first-order valence-electron chi connectivity index (χ1n) is 6.59. The van der Waals surface area contributed by atoms with E-state index in [1.165, 1.54) is 0 Å². The van der Waals surface area contributed by atoms with Crippen LogP contribution in [0.1, 0.15) is 48.0 Å². The maximum absolute atomic E-state index is 12.2. The van der Waals surface area contributed by atoms with Gasteiger partial charge in [-0.1, -0.05) is 13.8 Å². The molecule has 0 heterocycles. The predicted molar refractivity (Wildman–Crippen MR) is 75.2 cm³/mol. The third-order valence-electron chi connectivity index (χ3n) is 3.36. The highest BCUT2D eigenvalue weighted by Crippen LogP contribution is 2.25. The van der Waals surface area contributed by atoms with Gasteiger partial charge in [0.15, 0.2) is 9.84 Å². The van der Waals surface area contributed by atoms with Gasteiger partial charge in [-0.25, -0.2) is 8.42 Å². The van der Waals surface area contributed by atoms with Crippen LogP contribution in [0.15, 0.2) is 0 Å². The van der Waals surface area contributed by atoms with Crippen molar-refractivity contribution in [1.82, 2.24) is 4.90 Å². The van der Waals surface area contributed by atoms with Crippen molar-refractivity contribution >= 4 is 15.7 Å². The van der Waals surface area contributed by atoms with Crippen molar-refractivity contribution in [2.24, 2.45) is 5.41 Å². The Morgan fingerprint density at radius 1 is 1.17 bits per heavy atom. The predicted octanol–water partition coefficient (Wildman–Crippen LogP) is 2.09. The largest absolute Gasteiger partial charge is 0.343 e. The van der Waals surface area contributed by atoms with Gasteiger partial charge in [-0.3, -0.25) is 4.79 Å². The zero-order valence-corrected chi connectivity index (χ0v) is 13.3. The quantitative estimate of drug-likeness (QED) is 0.716. The van der Waals surface area contributed by atoms with Gasteiger partial charge in [-0.2, -0.15) is 0 Å². The number of hydrogen-bond acceptors (Lipinski definition) is 3. The summed E-state index contributed by atoms with van der Waals surface area (Å²) in [5, 5.41) is -0.378. The van der Waals surface area contributed by atoms with Gasteiger partial charge < -0.3 is 4.90 Å². The molecule has 0 spiro atoms. The average Bonchev–Trinajstić information content (AvgIpc) is 2.28. The van der Waals surface area contributed by atoms with Crippen LogP contribution in [0.4, 0.5) is 0 Å². The zero-order valence-electron chi connectivity index (χ0n) is 12.5. The van der Waals surface area contributed by atoms with E-state index in [4.69, 9.17) is 0 Å². The molecule has 0 N–H and O–H groups in total. The molecule has 0 unspecified atom stereocenters. The minimum absolute atomic E-state index is 0.0338. The Labute approximate surface area is 112 Å². The lowest BCUT2D eigenvalue weighted by Gasteiger charge is -2.30. The molecule has 0 fully saturated rings. The first-order chi connectivity index (χ1) is 8.08. The van der Waals surface area contributed by atoms with Gasteiger partial charge in [0.05, 0.1) is 11.0 Å². The Balaban J connectivity index is 4.72. The van der Waals surface area contributed by atoms with Crippen LogP contribution in [0.5, 0.6) is 0 Å². The first kappa shape index (κ1) is 17.4. The molecule has 1 amide bonds. The van der Waals surface area contributed by atoms with Gasteiger partial charge in [0.1, 0.15) is 0 Å². The maximum atomic E-state index is 12.2. The molecule has 0 aromatic rings. The van der Waals surface area contributed by atoms with Crippen LogP contribution in [-0.4, -0.2) is 43.3 Å². The van der Waals surface area contributed by atoms with Crippen molar-refractivity contribution in [3.05, 3.63) is 0 Å². The van der Waals surface area contributed by atoms with E-state index in [1.807, 2.05) is 27.7 Å². The van der Waals surface area contributed by atoms with Crippen LogP contribution in [0.3, 0.4) is 0 Å². The minimum Gasteiger partial charge on any atom is -0.343 e. The zero-order chi connectivity index (χ0) is 14.6. The molecule has 0 aromatic heterocycles. The molecule has 108 valence electrons. The summed E-state index contributed by atoms with van der Waals surface area (Å²) in [5.74, 6) is 0.108. The molecule has 0 bridgehead atoms. The third kappa shape index (κ3) is 4.59. The summed E-state index contributed by atoms with van der Waals surface area (Å²) in [6, 6.07) is 0. The molecule has 0 saturated heterocycles. The van der Waals surface area contributed by atoms with Crippen molar-refractivity contribution in [3.63, 3.8) is 0 Å². The van der Waals surface area contributed by atoms with Crippen molar-refractivity contribution in [2.45, 2.75) is 53.2 Å². The molecule has 0 saturated carbocycles. The lowest BCUT2D eigenvalue weighted by atomic mass is 9.88. The highest BCUT2D eigenvalue weighted by atomic mass is 32.2. The molecule has 0 aromatic carbocycles. The standard InChI is InChI=1S/C13H27NO3S/c1-7-14(8-2)12(15)13(5,6)9-10-18(16,17)11(3)4/h11H,7-10H2,1-6H3. The molecule has 0 aliphatic rings. The molecule has 0 aliphatic heterocycles. The van der Waals surface area contributed by atoms with E-state index in [0.29, 0.717) is 19.5 Å². The molecule has 0 atom stereocenters. The fraction of sp³-hybridized carbons (Fsp3) is 0.923. The monoisotopic (exact) mass is 277 g/mol. The van der Waals surface area contributed by atoms with E-state index < -0.39 is 15.3 Å². The fourth-order valence-electron chi connectivity index (χ4n) is 1.68. The molecule has 0 aliphatic carbocycles. The normalized spacial score (nSPS) is 12.8. The fourth-order valence-corrected chi connectivity index (χ4v) is 2.95. The number of carbonyl (C=O) groups is 1. The SMILES string of the molecule is CCN(CC)C(=O)C(C)(C)CCS(=O)(=O)C(C)C. The Kier molecular flexibility index (Phi) is 6.34. The summed E-state index contributed by atoms with van der Waals surface area (Å²) in [6.45, 7) is 12.2. The third-order valence-corrected chi connectivity index (χ3v) is 5.57. The molecule has 0 radical (unpaired) electrons. The molecule has 18 heavy (non-hydrogen) atoms.